The number of carbonyl (C=O) groups excluding carboxylic acids is 8. The van der Waals surface area contributed by atoms with Crippen LogP contribution in [-0.4, -0.2) is 211 Å². The molecular formula is C107H109N11O18. The van der Waals surface area contributed by atoms with Gasteiger partial charge < -0.3 is 73.2 Å². The lowest BCUT2D eigenvalue weighted by atomic mass is 9.97. The second-order valence-electron chi connectivity index (χ2n) is 34.6. The van der Waals surface area contributed by atoms with Gasteiger partial charge in [0.15, 0.2) is 23.0 Å². The Balaban J connectivity index is 0.000000175. The molecule has 0 unspecified atom stereocenters. The van der Waals surface area contributed by atoms with E-state index in [9.17, 15) is 43.2 Å². The maximum atomic E-state index is 14.0. The summed E-state index contributed by atoms with van der Waals surface area (Å²) in [6, 6.07) is 44.8. The van der Waals surface area contributed by atoms with Gasteiger partial charge in [0.1, 0.15) is 28.8 Å². The normalized spacial score (nSPS) is 17.7. The number of carboxylic acids is 1. The van der Waals surface area contributed by atoms with Gasteiger partial charge in [-0.3, -0.25) is 68.0 Å². The second kappa shape index (κ2) is 43.2. The summed E-state index contributed by atoms with van der Waals surface area (Å²) in [6.07, 6.45) is 32.0. The minimum atomic E-state index is -0.746. The molecule has 18 rings (SSSR count). The SMILES string of the molecule is COc1ccc(C2=CN3C(=O)c4cc(C)c(OCCCCCOc5cc6c(cc5OC)C(=O)N5C=C(c7cccc(N)c7)C[C@H]5C=N6)cc4N=C[C@@H]3C2)cc1.COc1ccc(C2=CN3C(=O)c4cc(C)c(OCCCOc5cc6c(cc5OC)C(=O)N5C=C(c7cccc(CC(=O)CCCCCN8C(=O)C=CC8=O)c7)C[C@H]5C=N6)cc4N=C[C@@H]3C2)cc1.O=C(O)CCCCCN1CC=CC1=O. The smallest absolute Gasteiger partial charge is 0.303 e. The lowest BCUT2D eigenvalue weighted by Crippen LogP contribution is -2.32. The number of nitrogens with two attached hydrogens (primary N) is 1. The number of anilines is 1. The van der Waals surface area contributed by atoms with Gasteiger partial charge in [0.05, 0.1) is 124 Å². The Morgan fingerprint density at radius 2 is 0.787 bits per heavy atom. The summed E-state index contributed by atoms with van der Waals surface area (Å²) in [6.45, 7) is 7.32. The summed E-state index contributed by atoms with van der Waals surface area (Å²) >= 11 is 0. The van der Waals surface area contributed by atoms with Gasteiger partial charge in [0.25, 0.3) is 35.4 Å². The molecule has 8 aromatic rings. The molecule has 10 heterocycles. The first-order valence-electron chi connectivity index (χ1n) is 46.1. The standard InChI is InChI=1S/C53H51N5O9.C44H43N5O6.C10H15NO3/c1-33-21-43-45(54-29-39-24-37(31-57(39)52(43)62)35-12-14-42(64-2)15-13-35)27-47(33)66-19-8-20-67-49-28-46-44(26-48(49)65-3)53(63)58-32-38(25-40(58)30-55-46)36-10-7-9-34(22-36)23-41(59)11-5-4-6-18-56-50(60)16-17-51(56)61;1-27-16-36-38(46-23-33-18-30(25-48(33)43(36)50)28-10-12-35(52-2)13-11-28)21-40(27)54-14-5-4-6-15-55-42-22-39-37(20-41(42)53-3)44(51)49-26-31(19-34(49)24-47-39)29-8-7-9-32(45)17-29;12-9-5-4-8-11(9)7-3-1-2-6-10(13)14/h7,9-10,12-17,21-22,26-32,39-40H,4-6,8,11,18-20,23-25H2,1-3H3;7-13,16-17,20-26,33-34H,4-6,14-15,18-19,45H2,1-3H3;4-5H,1-3,6-8H2,(H,13,14)/t39-,40-;33-,34-;/m00./s1. The number of benzene rings is 8. The van der Waals surface area contributed by atoms with Crippen molar-refractivity contribution < 1.29 is 86.2 Å². The Morgan fingerprint density at radius 1 is 0.390 bits per heavy atom. The van der Waals surface area contributed by atoms with Gasteiger partial charge >= 0.3 is 5.97 Å². The molecule has 0 aliphatic carbocycles. The number of aryl methyl sites for hydroxylation is 2. The fraction of sp³-hybridized carbons (Fsp3) is 0.318. The zero-order chi connectivity index (χ0) is 95.0. The summed E-state index contributed by atoms with van der Waals surface area (Å²) in [5.41, 5.74) is 21.7. The number of nitrogen functional groups attached to an aromatic ring is 1. The van der Waals surface area contributed by atoms with Crippen molar-refractivity contribution in [1.82, 2.24) is 29.4 Å². The Kier molecular flexibility index (Phi) is 29.8. The number of amides is 7. The van der Waals surface area contributed by atoms with Crippen molar-refractivity contribution in [2.75, 3.05) is 80.2 Å². The second-order valence-corrected chi connectivity index (χ2v) is 34.6. The van der Waals surface area contributed by atoms with Crippen LogP contribution in [0.1, 0.15) is 183 Å². The monoisotopic (exact) mass is 1840 g/mol. The third-order valence-electron chi connectivity index (χ3n) is 25.3. The number of hydrogen-bond acceptors (Lipinski definition) is 22. The van der Waals surface area contributed by atoms with Crippen LogP contribution in [0.5, 0.6) is 46.0 Å². The highest BCUT2D eigenvalue weighted by Crippen LogP contribution is 2.45. The predicted molar refractivity (Wildman–Crippen MR) is 520 cm³/mol. The van der Waals surface area contributed by atoms with Crippen molar-refractivity contribution in [3.63, 3.8) is 0 Å². The van der Waals surface area contributed by atoms with E-state index in [4.69, 9.17) is 68.7 Å². The van der Waals surface area contributed by atoms with Crippen LogP contribution in [0, 0.1) is 13.8 Å². The Labute approximate surface area is 789 Å². The van der Waals surface area contributed by atoms with E-state index in [1.165, 1.54) is 24.2 Å². The molecule has 0 spiro atoms. The molecule has 0 saturated heterocycles. The van der Waals surface area contributed by atoms with Gasteiger partial charge in [-0.25, -0.2) is 0 Å². The lowest BCUT2D eigenvalue weighted by molar-refractivity contribution is -0.138. The van der Waals surface area contributed by atoms with Crippen molar-refractivity contribution in [2.45, 2.75) is 147 Å². The third kappa shape index (κ3) is 22.0. The number of ketones is 1. The molecule has 0 fully saturated rings. The lowest BCUT2D eigenvalue weighted by Gasteiger charge is -2.19. The number of rotatable bonds is 36. The summed E-state index contributed by atoms with van der Waals surface area (Å²) in [4.78, 5) is 142. The molecule has 29 heteroatoms. The van der Waals surface area contributed by atoms with Gasteiger partial charge in [-0.2, -0.15) is 0 Å². The average molecular weight is 1840 g/mol. The maximum absolute atomic E-state index is 14.0. The molecule has 8 aromatic carbocycles. The summed E-state index contributed by atoms with van der Waals surface area (Å²) in [5, 5.41) is 8.39. The molecule has 0 radical (unpaired) electrons. The van der Waals surface area contributed by atoms with E-state index < -0.39 is 5.97 Å². The van der Waals surface area contributed by atoms with Gasteiger partial charge in [-0.05, 0) is 181 Å². The maximum Gasteiger partial charge on any atom is 0.303 e. The molecule has 700 valence electrons. The molecule has 10 aliphatic rings. The van der Waals surface area contributed by atoms with Crippen molar-refractivity contribution >= 4 is 129 Å². The number of imide groups is 1. The zero-order valence-electron chi connectivity index (χ0n) is 77.0. The zero-order valence-corrected chi connectivity index (χ0v) is 77.0. The van der Waals surface area contributed by atoms with Crippen LogP contribution in [0.4, 0.5) is 28.4 Å². The topological polar surface area (TPSA) is 343 Å². The van der Waals surface area contributed by atoms with Crippen LogP contribution >= 0.6 is 0 Å². The van der Waals surface area contributed by atoms with Crippen LogP contribution < -0.4 is 43.6 Å². The number of aliphatic imine (C=N–C) groups is 4. The molecule has 4 atom stereocenters. The molecule has 29 nitrogen and oxygen atoms in total. The summed E-state index contributed by atoms with van der Waals surface area (Å²) < 4.78 is 46.6. The van der Waals surface area contributed by atoms with Gasteiger partial charge in [-0.1, -0.05) is 79.6 Å². The number of methoxy groups -OCH3 is 4. The third-order valence-corrected chi connectivity index (χ3v) is 25.3. The fourth-order valence-corrected chi connectivity index (χ4v) is 17.9. The van der Waals surface area contributed by atoms with Crippen LogP contribution in [0.25, 0.3) is 22.3 Å². The number of carbonyl (C=O) groups is 9. The highest BCUT2D eigenvalue weighted by molar-refractivity contribution is 6.13. The highest BCUT2D eigenvalue weighted by atomic mass is 16.5. The number of hydrogen-bond donors (Lipinski definition) is 2. The van der Waals surface area contributed by atoms with Crippen molar-refractivity contribution in [1.29, 1.82) is 0 Å². The number of unbranched alkanes of at least 4 members (excludes halogenated alkanes) is 6. The van der Waals surface area contributed by atoms with Crippen molar-refractivity contribution in [2.24, 2.45) is 20.0 Å². The van der Waals surface area contributed by atoms with E-state index in [0.717, 1.165) is 124 Å². The van der Waals surface area contributed by atoms with Crippen LogP contribution in [0.2, 0.25) is 0 Å². The number of carboxylic acid groups (broad SMARTS) is 1. The minimum absolute atomic E-state index is 0.0681. The molecule has 7 amide bonds. The van der Waals surface area contributed by atoms with Crippen LogP contribution in [0.3, 0.4) is 0 Å². The van der Waals surface area contributed by atoms with E-state index in [1.54, 1.807) is 82.4 Å². The van der Waals surface area contributed by atoms with Crippen molar-refractivity contribution in [3.8, 4) is 46.0 Å². The number of aliphatic carboxylic acids is 1. The van der Waals surface area contributed by atoms with Crippen LogP contribution in [0.15, 0.2) is 215 Å². The van der Waals surface area contributed by atoms with E-state index in [0.29, 0.717) is 183 Å². The predicted octanol–water partition coefficient (Wildman–Crippen LogP) is 17.6. The Bertz CT molecular complexity index is 6280. The quantitative estimate of drug-likeness (QED) is 0.0209. The first-order chi connectivity index (χ1) is 66.0. The first kappa shape index (κ1) is 93.9. The summed E-state index contributed by atoms with van der Waals surface area (Å²) in [5.74, 6) is 3.20. The Hall–Kier alpha value is -15.3. The number of fused-ring (bicyclic) bond motifs is 8. The van der Waals surface area contributed by atoms with Crippen molar-refractivity contribution in [3.05, 3.63) is 256 Å². The fourth-order valence-electron chi connectivity index (χ4n) is 17.9. The van der Waals surface area contributed by atoms with Gasteiger partial charge in [0, 0.05) is 169 Å². The number of ether oxygens (including phenoxy) is 8. The van der Waals surface area contributed by atoms with E-state index in [2.05, 4.69) is 0 Å². The van der Waals surface area contributed by atoms with E-state index >= 15 is 0 Å². The highest BCUT2D eigenvalue weighted by Gasteiger charge is 2.39. The molecule has 10 aliphatic heterocycles. The molecule has 0 bridgehead atoms. The number of nitrogens with zero attached hydrogens (tertiary/aromatic N) is 10. The average Bonchev–Trinajstić information content (AvgIpc) is 1.63. The molecule has 136 heavy (non-hydrogen) atoms. The van der Waals surface area contributed by atoms with Crippen LogP contribution in [-0.2, 0) is 30.4 Å². The number of Topliss-reactive ketones (excluding diaryl/α,β-unsaturated/α-hetero) is 1. The van der Waals surface area contributed by atoms with E-state index in [1.807, 2.05) is 185 Å². The van der Waals surface area contributed by atoms with E-state index in [-0.39, 0.29) is 77.7 Å². The molecular weight excluding hydrogens is 1730 g/mol. The Morgan fingerprint density at radius 3 is 1.21 bits per heavy atom. The molecule has 0 aromatic heterocycles. The molecule has 3 N–H and O–H groups in total. The summed E-state index contributed by atoms with van der Waals surface area (Å²) in [7, 11) is 6.39. The minimum Gasteiger partial charge on any atom is -0.497 e. The first-order valence-corrected chi connectivity index (χ1v) is 46.1. The molecule has 0 saturated carbocycles. The van der Waals surface area contributed by atoms with Gasteiger partial charge in [0.2, 0.25) is 5.91 Å². The van der Waals surface area contributed by atoms with Gasteiger partial charge in [-0.15, -0.1) is 0 Å². The largest absolute Gasteiger partial charge is 0.497 e.